The average molecular weight is 246 g/mol. The minimum Gasteiger partial charge on any atom is -0.490 e. The summed E-state index contributed by atoms with van der Waals surface area (Å²) in [7, 11) is 0. The number of rotatable bonds is 2. The van der Waals surface area contributed by atoms with Crippen LogP contribution in [0.1, 0.15) is 18.4 Å². The summed E-state index contributed by atoms with van der Waals surface area (Å²) in [5, 5.41) is 8.98. The number of aliphatic hydroxyl groups is 1. The summed E-state index contributed by atoms with van der Waals surface area (Å²) in [6.07, 6.45) is -6.66. The number of para-hydroxylation sites is 1. The molecule has 1 aromatic rings. The molecular weight excluding hydrogens is 233 g/mol. The monoisotopic (exact) mass is 246 g/mol. The highest BCUT2D eigenvalue weighted by Gasteiger charge is 2.40. The number of halogens is 3. The number of hydrogen-bond acceptors (Lipinski definition) is 2. The second kappa shape index (κ2) is 4.56. The third-order valence-corrected chi connectivity index (χ3v) is 2.87. The van der Waals surface area contributed by atoms with E-state index in [1.54, 1.807) is 12.1 Å². The normalized spacial score (nSPS) is 21.5. The van der Waals surface area contributed by atoms with Gasteiger partial charge in [0.15, 0.2) is 6.10 Å². The fourth-order valence-electron chi connectivity index (χ4n) is 1.93. The smallest absolute Gasteiger partial charge is 0.414 e. The van der Waals surface area contributed by atoms with Crippen molar-refractivity contribution in [1.29, 1.82) is 0 Å². The quantitative estimate of drug-likeness (QED) is 0.869. The summed E-state index contributed by atoms with van der Waals surface area (Å²) in [6.45, 7) is 0. The molecule has 2 rings (SSSR count). The van der Waals surface area contributed by atoms with Crippen LogP contribution in [0, 0.1) is 0 Å². The lowest BCUT2D eigenvalue weighted by Crippen LogP contribution is -2.35. The molecule has 1 heterocycles. The van der Waals surface area contributed by atoms with Crippen LogP contribution >= 0.6 is 0 Å². The molecule has 0 aromatic heterocycles. The molecule has 0 saturated heterocycles. The van der Waals surface area contributed by atoms with E-state index in [2.05, 4.69) is 0 Å². The van der Waals surface area contributed by atoms with Gasteiger partial charge < -0.3 is 9.84 Å². The first kappa shape index (κ1) is 12.2. The largest absolute Gasteiger partial charge is 0.490 e. The SMILES string of the molecule is O[C@H](CC1CCc2ccccc2O1)C(F)(F)F. The molecule has 0 amide bonds. The topological polar surface area (TPSA) is 29.5 Å². The van der Waals surface area contributed by atoms with Crippen LogP contribution in [0.5, 0.6) is 5.75 Å². The first-order valence-electron chi connectivity index (χ1n) is 5.46. The van der Waals surface area contributed by atoms with E-state index in [1.165, 1.54) is 0 Å². The van der Waals surface area contributed by atoms with E-state index >= 15 is 0 Å². The van der Waals surface area contributed by atoms with Gasteiger partial charge in [-0.2, -0.15) is 13.2 Å². The summed E-state index contributed by atoms with van der Waals surface area (Å²) >= 11 is 0. The lowest BCUT2D eigenvalue weighted by atomic mass is 9.98. The number of ether oxygens (including phenoxy) is 1. The van der Waals surface area contributed by atoms with Crippen molar-refractivity contribution in [2.45, 2.75) is 37.6 Å². The van der Waals surface area contributed by atoms with Crippen molar-refractivity contribution < 1.29 is 23.0 Å². The molecule has 1 aromatic carbocycles. The molecule has 0 bridgehead atoms. The molecule has 17 heavy (non-hydrogen) atoms. The molecule has 0 radical (unpaired) electrons. The van der Waals surface area contributed by atoms with E-state index in [4.69, 9.17) is 9.84 Å². The Morgan fingerprint density at radius 1 is 1.35 bits per heavy atom. The van der Waals surface area contributed by atoms with Gasteiger partial charge >= 0.3 is 6.18 Å². The van der Waals surface area contributed by atoms with E-state index in [1.807, 2.05) is 12.1 Å². The van der Waals surface area contributed by atoms with E-state index in [9.17, 15) is 13.2 Å². The van der Waals surface area contributed by atoms with Gasteiger partial charge in [0.05, 0.1) is 0 Å². The lowest BCUT2D eigenvalue weighted by molar-refractivity contribution is -0.210. The van der Waals surface area contributed by atoms with Crippen LogP contribution in [0.3, 0.4) is 0 Å². The van der Waals surface area contributed by atoms with Crippen molar-refractivity contribution in [1.82, 2.24) is 0 Å². The van der Waals surface area contributed by atoms with Crippen LogP contribution in [-0.4, -0.2) is 23.5 Å². The van der Waals surface area contributed by atoms with E-state index in [-0.39, 0.29) is 0 Å². The van der Waals surface area contributed by atoms with Crippen LogP contribution in [0.4, 0.5) is 13.2 Å². The summed E-state index contributed by atoms with van der Waals surface area (Å²) in [5.41, 5.74) is 1.00. The maximum Gasteiger partial charge on any atom is 0.414 e. The zero-order chi connectivity index (χ0) is 12.5. The molecule has 0 fully saturated rings. The number of aryl methyl sites for hydroxylation is 1. The highest BCUT2D eigenvalue weighted by atomic mass is 19.4. The van der Waals surface area contributed by atoms with E-state index < -0.39 is 24.8 Å². The Morgan fingerprint density at radius 2 is 2.06 bits per heavy atom. The van der Waals surface area contributed by atoms with Gasteiger partial charge in [-0.15, -0.1) is 0 Å². The first-order valence-corrected chi connectivity index (χ1v) is 5.46. The van der Waals surface area contributed by atoms with Gasteiger partial charge in [-0.25, -0.2) is 0 Å². The fraction of sp³-hybridized carbons (Fsp3) is 0.500. The molecule has 5 heteroatoms. The fourth-order valence-corrected chi connectivity index (χ4v) is 1.93. The van der Waals surface area contributed by atoms with Gasteiger partial charge in [-0.3, -0.25) is 0 Å². The number of benzene rings is 1. The standard InChI is InChI=1S/C12H13F3O2/c13-12(14,15)11(16)7-9-6-5-8-3-1-2-4-10(8)17-9/h1-4,9,11,16H,5-7H2/t9?,11-/m1/s1. The molecule has 0 saturated carbocycles. The summed E-state index contributed by atoms with van der Waals surface area (Å²) < 4.78 is 42.0. The third kappa shape index (κ3) is 2.91. The maximum absolute atomic E-state index is 12.2. The predicted molar refractivity (Wildman–Crippen MR) is 55.9 cm³/mol. The van der Waals surface area contributed by atoms with Gasteiger partial charge in [0, 0.05) is 6.42 Å². The molecule has 1 aliphatic rings. The Morgan fingerprint density at radius 3 is 2.76 bits per heavy atom. The van der Waals surface area contributed by atoms with E-state index in [0.29, 0.717) is 18.6 Å². The van der Waals surface area contributed by atoms with Crippen LogP contribution in [0.2, 0.25) is 0 Å². The highest BCUT2D eigenvalue weighted by molar-refractivity contribution is 5.35. The Labute approximate surface area is 97.0 Å². The Kier molecular flexibility index (Phi) is 3.28. The molecule has 2 atom stereocenters. The van der Waals surface area contributed by atoms with Crippen molar-refractivity contribution in [3.8, 4) is 5.75 Å². The Hall–Kier alpha value is -1.23. The van der Waals surface area contributed by atoms with E-state index in [0.717, 1.165) is 5.56 Å². The molecule has 94 valence electrons. The van der Waals surface area contributed by atoms with Crippen molar-refractivity contribution in [3.63, 3.8) is 0 Å². The van der Waals surface area contributed by atoms with Crippen LogP contribution < -0.4 is 4.74 Å². The zero-order valence-corrected chi connectivity index (χ0v) is 9.07. The predicted octanol–water partition coefficient (Wildman–Crippen LogP) is 2.69. The molecule has 2 nitrogen and oxygen atoms in total. The Balaban J connectivity index is 1.99. The molecule has 0 aliphatic carbocycles. The summed E-state index contributed by atoms with van der Waals surface area (Å²) in [6, 6.07) is 7.28. The summed E-state index contributed by atoms with van der Waals surface area (Å²) in [5.74, 6) is 0.623. The number of fused-ring (bicyclic) bond motifs is 1. The van der Waals surface area contributed by atoms with Gasteiger partial charge in [0.25, 0.3) is 0 Å². The van der Waals surface area contributed by atoms with Crippen LogP contribution in [0.15, 0.2) is 24.3 Å². The minimum absolute atomic E-state index is 0.405. The molecule has 0 spiro atoms. The molecule has 1 unspecified atom stereocenters. The maximum atomic E-state index is 12.2. The van der Waals surface area contributed by atoms with Crippen molar-refractivity contribution >= 4 is 0 Å². The van der Waals surface area contributed by atoms with Gasteiger partial charge in [0.1, 0.15) is 11.9 Å². The van der Waals surface area contributed by atoms with Gasteiger partial charge in [-0.1, -0.05) is 18.2 Å². The first-order chi connectivity index (χ1) is 7.97. The van der Waals surface area contributed by atoms with Crippen molar-refractivity contribution in [2.24, 2.45) is 0 Å². The number of hydrogen-bond donors (Lipinski definition) is 1. The summed E-state index contributed by atoms with van der Waals surface area (Å²) in [4.78, 5) is 0. The molecule has 1 N–H and O–H groups in total. The Bertz CT molecular complexity index is 390. The number of aliphatic hydroxyl groups excluding tert-OH is 1. The van der Waals surface area contributed by atoms with Gasteiger partial charge in [0.2, 0.25) is 0 Å². The van der Waals surface area contributed by atoms with Crippen LogP contribution in [0.25, 0.3) is 0 Å². The van der Waals surface area contributed by atoms with Crippen molar-refractivity contribution in [3.05, 3.63) is 29.8 Å². The third-order valence-electron chi connectivity index (χ3n) is 2.87. The second-order valence-corrected chi connectivity index (χ2v) is 4.18. The lowest BCUT2D eigenvalue weighted by Gasteiger charge is -2.28. The van der Waals surface area contributed by atoms with Crippen molar-refractivity contribution in [2.75, 3.05) is 0 Å². The number of alkyl halides is 3. The highest BCUT2D eigenvalue weighted by Crippen LogP contribution is 2.31. The zero-order valence-electron chi connectivity index (χ0n) is 9.07. The molecular formula is C12H13F3O2. The average Bonchev–Trinajstić information content (AvgIpc) is 2.27. The second-order valence-electron chi connectivity index (χ2n) is 4.18. The van der Waals surface area contributed by atoms with Crippen LogP contribution in [-0.2, 0) is 6.42 Å². The molecule has 1 aliphatic heterocycles. The minimum atomic E-state index is -4.57. The van der Waals surface area contributed by atoms with Gasteiger partial charge in [-0.05, 0) is 24.5 Å².